The number of hydrogen-bond donors (Lipinski definition) is 0. The molecule has 0 spiro atoms. The highest BCUT2D eigenvalue weighted by Gasteiger charge is 2.36. The van der Waals surface area contributed by atoms with Gasteiger partial charge in [0.25, 0.3) is 5.56 Å². The number of carbonyl (C=O) groups is 2. The molecule has 2 aromatic carbocycles. The maximum absolute atomic E-state index is 14.8. The van der Waals surface area contributed by atoms with Crippen LogP contribution in [-0.4, -0.2) is 39.9 Å². The van der Waals surface area contributed by atoms with Gasteiger partial charge in [-0.2, -0.15) is 13.2 Å². The Morgan fingerprint density at radius 1 is 1.05 bits per heavy atom. The van der Waals surface area contributed by atoms with Gasteiger partial charge in [0.05, 0.1) is 10.7 Å². The van der Waals surface area contributed by atoms with Crippen LogP contribution in [-0.2, 0) is 32.3 Å². The molecule has 0 aliphatic heterocycles. The Labute approximate surface area is 240 Å². The van der Waals surface area contributed by atoms with Crippen LogP contribution in [0.5, 0.6) is 17.2 Å². The van der Waals surface area contributed by atoms with Crippen molar-refractivity contribution in [2.24, 2.45) is 7.05 Å². The van der Waals surface area contributed by atoms with E-state index in [9.17, 15) is 36.7 Å². The molecule has 10 nitrogen and oxygen atoms in total. The van der Waals surface area contributed by atoms with Gasteiger partial charge in [-0.3, -0.25) is 9.36 Å². The number of nitrogens with zero attached hydrogens (tertiary/aromatic N) is 2. The summed E-state index contributed by atoms with van der Waals surface area (Å²) in [5.41, 5.74) is -6.82. The largest absolute Gasteiger partial charge is 0.478 e. The lowest BCUT2D eigenvalue weighted by atomic mass is 10.1. The Balaban J connectivity index is 1.89. The zero-order chi connectivity index (χ0) is 31.4. The van der Waals surface area contributed by atoms with Crippen LogP contribution in [0.2, 0.25) is 5.02 Å². The number of hydrogen-bond acceptors (Lipinski definition) is 8. The van der Waals surface area contributed by atoms with Crippen molar-refractivity contribution in [3.8, 4) is 22.9 Å². The highest BCUT2D eigenvalue weighted by Crippen LogP contribution is 2.37. The van der Waals surface area contributed by atoms with Crippen molar-refractivity contribution in [3.63, 3.8) is 0 Å². The summed E-state index contributed by atoms with van der Waals surface area (Å²) in [5.74, 6) is -3.37. The van der Waals surface area contributed by atoms with Gasteiger partial charge in [-0.15, -0.1) is 0 Å². The Morgan fingerprint density at radius 3 is 2.31 bits per heavy atom. The van der Waals surface area contributed by atoms with Gasteiger partial charge in [0.15, 0.2) is 18.1 Å². The molecule has 0 aliphatic carbocycles. The number of benzene rings is 2. The summed E-state index contributed by atoms with van der Waals surface area (Å²) >= 11 is 6.10. The van der Waals surface area contributed by atoms with Crippen LogP contribution >= 0.6 is 11.6 Å². The first-order valence-corrected chi connectivity index (χ1v) is 12.2. The number of aromatic nitrogens is 2. The quantitative estimate of drug-likeness (QED) is 0.185. The average Bonchev–Trinajstić information content (AvgIpc) is 2.90. The van der Waals surface area contributed by atoms with E-state index in [4.69, 9.17) is 30.5 Å². The molecule has 15 heteroatoms. The van der Waals surface area contributed by atoms with Crippen LogP contribution in [0.4, 0.5) is 17.6 Å². The third-order valence-corrected chi connectivity index (χ3v) is 5.76. The minimum atomic E-state index is -5.01. The molecule has 0 saturated carbocycles. The summed E-state index contributed by atoms with van der Waals surface area (Å²) < 4.78 is 76.0. The number of carbonyl (C=O) groups excluding carboxylic acids is 2. The first kappa shape index (κ1) is 31.9. The normalized spacial score (nSPS) is 11.5. The molecule has 1 aromatic heterocycles. The molecule has 224 valence electrons. The summed E-state index contributed by atoms with van der Waals surface area (Å²) in [5, 5.41) is -0.331. The molecule has 0 fully saturated rings. The summed E-state index contributed by atoms with van der Waals surface area (Å²) in [4.78, 5) is 49.5. The SMILES string of the molecule is C=CCOC(=O)C(C)(C)OC(=O)COc1ccccc1Oc1cc(-n2c(=O)cc(C(F)(F)F)n(C)c2=O)c(F)cc1Cl. The number of halogens is 5. The Hall–Kier alpha value is -4.59. The van der Waals surface area contributed by atoms with Crippen LogP contribution in [0, 0.1) is 5.82 Å². The fourth-order valence-corrected chi connectivity index (χ4v) is 3.65. The van der Waals surface area contributed by atoms with Crippen molar-refractivity contribution >= 4 is 23.5 Å². The number of rotatable bonds is 10. The van der Waals surface area contributed by atoms with E-state index >= 15 is 0 Å². The molecule has 1 heterocycles. The molecule has 0 unspecified atom stereocenters. The average molecular weight is 615 g/mol. The molecule has 0 aliphatic rings. The van der Waals surface area contributed by atoms with E-state index in [0.717, 1.165) is 13.1 Å². The minimum Gasteiger partial charge on any atom is -0.478 e. The third kappa shape index (κ3) is 7.18. The van der Waals surface area contributed by atoms with Gasteiger partial charge in [-0.05, 0) is 32.0 Å². The smallest absolute Gasteiger partial charge is 0.431 e. The highest BCUT2D eigenvalue weighted by molar-refractivity contribution is 6.32. The summed E-state index contributed by atoms with van der Waals surface area (Å²) in [6.07, 6.45) is -3.67. The zero-order valence-corrected chi connectivity index (χ0v) is 23.0. The fraction of sp³-hybridized carbons (Fsp3) is 0.259. The molecule has 0 atom stereocenters. The van der Waals surface area contributed by atoms with E-state index in [1.165, 1.54) is 44.2 Å². The lowest BCUT2D eigenvalue weighted by molar-refractivity contribution is -0.178. The van der Waals surface area contributed by atoms with Crippen molar-refractivity contribution in [2.75, 3.05) is 13.2 Å². The van der Waals surface area contributed by atoms with Crippen LogP contribution in [0.3, 0.4) is 0 Å². The van der Waals surface area contributed by atoms with E-state index in [-0.39, 0.29) is 44.1 Å². The van der Waals surface area contributed by atoms with Gasteiger partial charge < -0.3 is 18.9 Å². The predicted molar refractivity (Wildman–Crippen MR) is 141 cm³/mol. The molecule has 42 heavy (non-hydrogen) atoms. The van der Waals surface area contributed by atoms with Gasteiger partial charge in [-0.1, -0.05) is 36.4 Å². The van der Waals surface area contributed by atoms with Crippen molar-refractivity contribution in [1.82, 2.24) is 9.13 Å². The van der Waals surface area contributed by atoms with E-state index in [0.29, 0.717) is 6.07 Å². The minimum absolute atomic E-state index is 0.0361. The van der Waals surface area contributed by atoms with Gasteiger partial charge in [-0.25, -0.2) is 23.3 Å². The first-order valence-electron chi connectivity index (χ1n) is 11.9. The van der Waals surface area contributed by atoms with Crippen molar-refractivity contribution < 1.29 is 46.1 Å². The first-order chi connectivity index (χ1) is 19.6. The van der Waals surface area contributed by atoms with E-state index < -0.39 is 58.8 Å². The van der Waals surface area contributed by atoms with Crippen molar-refractivity contribution in [1.29, 1.82) is 0 Å². The highest BCUT2D eigenvalue weighted by atomic mass is 35.5. The number of para-hydroxylation sites is 2. The van der Waals surface area contributed by atoms with Crippen molar-refractivity contribution in [3.05, 3.63) is 92.5 Å². The zero-order valence-electron chi connectivity index (χ0n) is 22.3. The monoisotopic (exact) mass is 614 g/mol. The van der Waals surface area contributed by atoms with Gasteiger partial charge in [0, 0.05) is 19.2 Å². The van der Waals surface area contributed by atoms with Crippen LogP contribution in [0.25, 0.3) is 5.69 Å². The number of ether oxygens (including phenoxy) is 4. The lowest BCUT2D eigenvalue weighted by Crippen LogP contribution is -2.41. The van der Waals surface area contributed by atoms with Crippen LogP contribution < -0.4 is 20.7 Å². The second-order valence-electron chi connectivity index (χ2n) is 8.99. The maximum Gasteiger partial charge on any atom is 0.431 e. The number of alkyl halides is 3. The predicted octanol–water partition coefficient (Wildman–Crippen LogP) is 4.57. The Kier molecular flexibility index (Phi) is 9.51. The lowest BCUT2D eigenvalue weighted by Gasteiger charge is -2.22. The van der Waals surface area contributed by atoms with Gasteiger partial charge in [0.1, 0.15) is 23.9 Å². The molecule has 0 N–H and O–H groups in total. The van der Waals surface area contributed by atoms with Gasteiger partial charge >= 0.3 is 23.8 Å². The molecule has 0 amide bonds. The standard InChI is InChI=1S/C27H23ClF4N2O8/c1-5-10-39-24(37)26(2,3)42-23(36)14-40-18-8-6-7-9-19(18)41-20-12-17(16(29)11-15(20)28)34-22(35)13-21(27(30,31)32)33(4)25(34)38/h5-9,11-13H,1,10,14H2,2-4H3. The van der Waals surface area contributed by atoms with Crippen molar-refractivity contribution in [2.45, 2.75) is 25.6 Å². The topological polar surface area (TPSA) is 115 Å². The van der Waals surface area contributed by atoms with Crippen LogP contribution in [0.15, 0.2) is 64.7 Å². The third-order valence-electron chi connectivity index (χ3n) is 5.46. The molecular formula is C27H23ClF4N2O8. The fourth-order valence-electron chi connectivity index (χ4n) is 3.46. The van der Waals surface area contributed by atoms with Crippen LogP contribution in [0.1, 0.15) is 19.5 Å². The second kappa shape index (κ2) is 12.5. The molecule has 3 aromatic rings. The Morgan fingerprint density at radius 2 is 1.69 bits per heavy atom. The van der Waals surface area contributed by atoms with E-state index in [2.05, 4.69) is 6.58 Å². The molecule has 0 bridgehead atoms. The summed E-state index contributed by atoms with van der Waals surface area (Å²) in [6, 6.07) is 7.49. The van der Waals surface area contributed by atoms with E-state index in [1.807, 2.05) is 0 Å². The second-order valence-corrected chi connectivity index (χ2v) is 9.39. The van der Waals surface area contributed by atoms with E-state index in [1.54, 1.807) is 0 Å². The summed E-state index contributed by atoms with van der Waals surface area (Å²) in [6.45, 7) is 5.28. The molecular weight excluding hydrogens is 592 g/mol. The maximum atomic E-state index is 14.8. The Bertz CT molecular complexity index is 1650. The molecule has 0 radical (unpaired) electrons. The summed E-state index contributed by atoms with van der Waals surface area (Å²) in [7, 11) is 0.774. The number of esters is 2. The molecule has 0 saturated heterocycles. The van der Waals surface area contributed by atoms with Gasteiger partial charge in [0.2, 0.25) is 5.60 Å². The molecule has 3 rings (SSSR count).